The first-order chi connectivity index (χ1) is 8.35. The number of nitrogens with two attached hydrogens (primary N) is 1. The van der Waals surface area contributed by atoms with Gasteiger partial charge in [0, 0.05) is 25.1 Å². The Morgan fingerprint density at radius 2 is 2.24 bits per heavy atom. The van der Waals surface area contributed by atoms with Crippen molar-refractivity contribution in [3.63, 3.8) is 0 Å². The van der Waals surface area contributed by atoms with Crippen molar-refractivity contribution in [3.8, 4) is 0 Å². The number of nitrogens with zero attached hydrogens (tertiary/aromatic N) is 2. The Hall–Kier alpha value is -1.39. The van der Waals surface area contributed by atoms with Crippen LogP contribution in [0.4, 0.5) is 0 Å². The number of hydrogen-bond donors (Lipinski definition) is 1. The lowest BCUT2D eigenvalue weighted by Crippen LogP contribution is -2.25. The summed E-state index contributed by atoms with van der Waals surface area (Å²) in [6, 6.07) is 8.21. The van der Waals surface area contributed by atoms with Crippen molar-refractivity contribution in [2.24, 2.45) is 5.73 Å². The van der Waals surface area contributed by atoms with Crippen LogP contribution in [0, 0.1) is 0 Å². The van der Waals surface area contributed by atoms with Gasteiger partial charge < -0.3 is 10.5 Å². The van der Waals surface area contributed by atoms with Crippen LogP contribution in [0.15, 0.2) is 30.5 Å². The summed E-state index contributed by atoms with van der Waals surface area (Å²) in [5.41, 5.74) is 6.82. The monoisotopic (exact) mass is 233 g/mol. The standard InChI is InChI=1S/C13H19N3O/c1-2-17-12(9-14)7-8-16-13-6-4-3-5-11(13)10-15-16/h3-6,10,12H,2,7-9,14H2,1H3. The normalized spacial score (nSPS) is 13.1. The quantitative estimate of drug-likeness (QED) is 0.827. The lowest BCUT2D eigenvalue weighted by atomic mass is 10.2. The van der Waals surface area contributed by atoms with Gasteiger partial charge in [-0.3, -0.25) is 4.68 Å². The number of hydrogen-bond acceptors (Lipinski definition) is 3. The maximum Gasteiger partial charge on any atom is 0.0714 e. The van der Waals surface area contributed by atoms with E-state index in [-0.39, 0.29) is 6.10 Å². The number of ether oxygens (including phenoxy) is 1. The first kappa shape index (κ1) is 12.1. The van der Waals surface area contributed by atoms with Crippen LogP contribution in [0.2, 0.25) is 0 Å². The van der Waals surface area contributed by atoms with Crippen LogP contribution in [-0.4, -0.2) is 29.0 Å². The van der Waals surface area contributed by atoms with Crippen molar-refractivity contribution in [3.05, 3.63) is 30.5 Å². The van der Waals surface area contributed by atoms with Crippen LogP contribution in [0.5, 0.6) is 0 Å². The second-order valence-corrected chi connectivity index (χ2v) is 4.03. The minimum Gasteiger partial charge on any atom is -0.377 e. The molecule has 0 aliphatic heterocycles. The molecule has 1 aromatic heterocycles. The Kier molecular flexibility index (Phi) is 4.12. The molecule has 0 bridgehead atoms. The Labute approximate surface area is 101 Å². The highest BCUT2D eigenvalue weighted by Crippen LogP contribution is 2.13. The van der Waals surface area contributed by atoms with Crippen molar-refractivity contribution < 1.29 is 4.74 Å². The van der Waals surface area contributed by atoms with Crippen LogP contribution in [0.3, 0.4) is 0 Å². The van der Waals surface area contributed by atoms with Crippen LogP contribution in [0.1, 0.15) is 13.3 Å². The second kappa shape index (κ2) is 5.80. The molecular weight excluding hydrogens is 214 g/mol. The topological polar surface area (TPSA) is 53.1 Å². The molecule has 92 valence electrons. The van der Waals surface area contributed by atoms with Crippen molar-refractivity contribution in [2.45, 2.75) is 26.0 Å². The molecular formula is C13H19N3O. The fraction of sp³-hybridized carbons (Fsp3) is 0.462. The van der Waals surface area contributed by atoms with E-state index in [0.29, 0.717) is 13.2 Å². The van der Waals surface area contributed by atoms with E-state index >= 15 is 0 Å². The van der Waals surface area contributed by atoms with Gasteiger partial charge in [0.1, 0.15) is 0 Å². The van der Waals surface area contributed by atoms with Gasteiger partial charge in [0.15, 0.2) is 0 Å². The summed E-state index contributed by atoms with van der Waals surface area (Å²) < 4.78 is 7.55. The first-order valence-electron chi connectivity index (χ1n) is 6.07. The van der Waals surface area contributed by atoms with E-state index in [1.54, 1.807) is 0 Å². The third kappa shape index (κ3) is 2.84. The van der Waals surface area contributed by atoms with E-state index in [0.717, 1.165) is 13.0 Å². The van der Waals surface area contributed by atoms with Crippen molar-refractivity contribution in [1.29, 1.82) is 0 Å². The van der Waals surface area contributed by atoms with E-state index in [2.05, 4.69) is 17.2 Å². The van der Waals surface area contributed by atoms with Crippen LogP contribution in [-0.2, 0) is 11.3 Å². The lowest BCUT2D eigenvalue weighted by molar-refractivity contribution is 0.0594. The molecule has 0 spiro atoms. The van der Waals surface area contributed by atoms with Gasteiger partial charge in [-0.05, 0) is 19.4 Å². The molecule has 1 aromatic carbocycles. The lowest BCUT2D eigenvalue weighted by Gasteiger charge is -2.14. The van der Waals surface area contributed by atoms with Crippen molar-refractivity contribution in [1.82, 2.24) is 9.78 Å². The molecule has 1 heterocycles. The molecule has 0 radical (unpaired) electrons. The van der Waals surface area contributed by atoms with Gasteiger partial charge in [-0.25, -0.2) is 0 Å². The maximum absolute atomic E-state index is 5.66. The Bertz CT molecular complexity index is 466. The maximum atomic E-state index is 5.66. The molecule has 0 aliphatic carbocycles. The minimum atomic E-state index is 0.128. The third-order valence-corrected chi connectivity index (χ3v) is 2.88. The fourth-order valence-corrected chi connectivity index (χ4v) is 1.98. The summed E-state index contributed by atoms with van der Waals surface area (Å²) in [7, 11) is 0. The van der Waals surface area contributed by atoms with Crippen LogP contribution >= 0.6 is 0 Å². The van der Waals surface area contributed by atoms with E-state index in [9.17, 15) is 0 Å². The minimum absolute atomic E-state index is 0.128. The van der Waals surface area contributed by atoms with Gasteiger partial charge in [0.25, 0.3) is 0 Å². The summed E-state index contributed by atoms with van der Waals surface area (Å²) in [5, 5.41) is 5.56. The molecule has 2 N–H and O–H groups in total. The zero-order chi connectivity index (χ0) is 12.1. The van der Waals surface area contributed by atoms with Gasteiger partial charge in [0.2, 0.25) is 0 Å². The highest BCUT2D eigenvalue weighted by atomic mass is 16.5. The molecule has 17 heavy (non-hydrogen) atoms. The Balaban J connectivity index is 2.03. The summed E-state index contributed by atoms with van der Waals surface area (Å²) in [4.78, 5) is 0. The van der Waals surface area contributed by atoms with Crippen LogP contribution < -0.4 is 5.73 Å². The summed E-state index contributed by atoms with van der Waals surface area (Å²) in [6.45, 7) is 4.11. The zero-order valence-corrected chi connectivity index (χ0v) is 10.2. The smallest absolute Gasteiger partial charge is 0.0714 e. The molecule has 2 rings (SSSR count). The zero-order valence-electron chi connectivity index (χ0n) is 10.2. The predicted molar refractivity (Wildman–Crippen MR) is 68.8 cm³/mol. The molecule has 2 aromatic rings. The number of para-hydroxylation sites is 1. The molecule has 0 aliphatic rings. The van der Waals surface area contributed by atoms with E-state index < -0.39 is 0 Å². The fourth-order valence-electron chi connectivity index (χ4n) is 1.98. The molecule has 0 saturated heterocycles. The van der Waals surface area contributed by atoms with Gasteiger partial charge in [0.05, 0.1) is 17.8 Å². The van der Waals surface area contributed by atoms with Crippen LogP contribution in [0.25, 0.3) is 10.9 Å². The number of aromatic nitrogens is 2. The Morgan fingerprint density at radius 3 is 3.00 bits per heavy atom. The highest BCUT2D eigenvalue weighted by molar-refractivity contribution is 5.78. The highest BCUT2D eigenvalue weighted by Gasteiger charge is 2.08. The average molecular weight is 233 g/mol. The molecule has 4 heteroatoms. The molecule has 1 atom stereocenters. The third-order valence-electron chi connectivity index (χ3n) is 2.88. The van der Waals surface area contributed by atoms with E-state index in [4.69, 9.17) is 10.5 Å². The van der Waals surface area contributed by atoms with Gasteiger partial charge in [-0.15, -0.1) is 0 Å². The van der Waals surface area contributed by atoms with Crippen molar-refractivity contribution in [2.75, 3.05) is 13.2 Å². The van der Waals surface area contributed by atoms with Gasteiger partial charge >= 0.3 is 0 Å². The summed E-state index contributed by atoms with van der Waals surface area (Å²) in [5.74, 6) is 0. The van der Waals surface area contributed by atoms with Crippen molar-refractivity contribution >= 4 is 10.9 Å². The summed E-state index contributed by atoms with van der Waals surface area (Å²) in [6.07, 6.45) is 2.92. The molecule has 1 unspecified atom stereocenters. The second-order valence-electron chi connectivity index (χ2n) is 4.03. The van der Waals surface area contributed by atoms with E-state index in [1.807, 2.05) is 29.9 Å². The number of rotatable bonds is 6. The van der Waals surface area contributed by atoms with Gasteiger partial charge in [-0.2, -0.15) is 5.10 Å². The number of benzene rings is 1. The number of aryl methyl sites for hydroxylation is 1. The molecule has 0 amide bonds. The molecule has 0 saturated carbocycles. The average Bonchev–Trinajstić information content (AvgIpc) is 2.78. The predicted octanol–water partition coefficient (Wildman–Crippen LogP) is 1.79. The Morgan fingerprint density at radius 1 is 1.41 bits per heavy atom. The SMILES string of the molecule is CCOC(CN)CCn1ncc2ccccc21. The van der Waals surface area contributed by atoms with Gasteiger partial charge in [-0.1, -0.05) is 18.2 Å². The molecule has 4 nitrogen and oxygen atoms in total. The first-order valence-corrected chi connectivity index (χ1v) is 6.07. The van der Waals surface area contributed by atoms with E-state index in [1.165, 1.54) is 10.9 Å². The largest absolute Gasteiger partial charge is 0.377 e. The molecule has 0 fully saturated rings. The number of fused-ring (bicyclic) bond motifs is 1. The summed E-state index contributed by atoms with van der Waals surface area (Å²) >= 11 is 0.